The first-order valence-corrected chi connectivity index (χ1v) is 10.2. The Bertz CT molecular complexity index is 1020. The van der Waals surface area contributed by atoms with Crippen LogP contribution in [-0.2, 0) is 14.3 Å². The highest BCUT2D eigenvalue weighted by atomic mass is 16.5. The molecule has 31 heavy (non-hydrogen) atoms. The molecule has 3 amide bonds. The minimum Gasteiger partial charge on any atom is -0.451 e. The highest BCUT2D eigenvalue weighted by Crippen LogP contribution is 2.28. The lowest BCUT2D eigenvalue weighted by atomic mass is 9.98. The molecule has 1 aliphatic heterocycles. The topological polar surface area (TPSA) is 92.8 Å². The predicted octanol–water partition coefficient (Wildman–Crippen LogP) is 3.67. The Kier molecular flexibility index (Phi) is 6.24. The van der Waals surface area contributed by atoms with Gasteiger partial charge in [-0.25, -0.2) is 4.79 Å². The third kappa shape index (κ3) is 4.21. The Balaban J connectivity index is 1.69. The molecule has 7 nitrogen and oxygen atoms in total. The number of benzene rings is 2. The fourth-order valence-electron chi connectivity index (χ4n) is 3.56. The molecule has 2 atom stereocenters. The maximum absolute atomic E-state index is 12.7. The van der Waals surface area contributed by atoms with Crippen LogP contribution in [0.3, 0.4) is 0 Å². The van der Waals surface area contributed by atoms with E-state index in [0.717, 1.165) is 16.0 Å². The monoisotopic (exact) mass is 422 g/mol. The van der Waals surface area contributed by atoms with E-state index >= 15 is 0 Å². The van der Waals surface area contributed by atoms with Crippen LogP contribution in [0, 0.1) is 6.92 Å². The lowest BCUT2D eigenvalue weighted by molar-refractivity contribution is -0.156. The van der Waals surface area contributed by atoms with Crippen molar-refractivity contribution in [3.8, 4) is 0 Å². The van der Waals surface area contributed by atoms with Gasteiger partial charge in [0.15, 0.2) is 6.10 Å². The van der Waals surface area contributed by atoms with Gasteiger partial charge in [-0.2, -0.15) is 0 Å². The molecule has 2 aromatic rings. The number of carbonyl (C=O) groups excluding carboxylic acids is 4. The van der Waals surface area contributed by atoms with Crippen LogP contribution in [0.25, 0.3) is 0 Å². The van der Waals surface area contributed by atoms with E-state index in [0.29, 0.717) is 5.69 Å². The standard InChI is InChI=1S/C24H26N2O5/c1-13(2)17-12-8-9-14(3)20(17)25-21(27)16(5)31-24(30)15(4)26-22(28)18-10-6-7-11-19(18)23(26)29/h6-13,15-16H,1-5H3,(H,25,27)/t15-,16-/m1/s1. The van der Waals surface area contributed by atoms with Crippen LogP contribution >= 0.6 is 0 Å². The fraction of sp³-hybridized carbons (Fsp3) is 0.333. The molecule has 1 aliphatic rings. The lowest BCUT2D eigenvalue weighted by Crippen LogP contribution is -2.45. The number of para-hydroxylation sites is 1. The van der Waals surface area contributed by atoms with Crippen LogP contribution in [0.1, 0.15) is 65.5 Å². The van der Waals surface area contributed by atoms with Crippen molar-refractivity contribution in [1.82, 2.24) is 4.90 Å². The average molecular weight is 422 g/mol. The number of hydrogen-bond acceptors (Lipinski definition) is 5. The second kappa shape index (κ2) is 8.71. The zero-order valence-electron chi connectivity index (χ0n) is 18.3. The van der Waals surface area contributed by atoms with Crippen molar-refractivity contribution in [2.75, 3.05) is 5.32 Å². The largest absolute Gasteiger partial charge is 0.451 e. The quantitative estimate of drug-likeness (QED) is 0.566. The Morgan fingerprint density at radius 2 is 1.48 bits per heavy atom. The summed E-state index contributed by atoms with van der Waals surface area (Å²) in [5.74, 6) is -2.22. The number of imide groups is 1. The molecule has 162 valence electrons. The molecule has 1 heterocycles. The molecule has 0 bridgehead atoms. The van der Waals surface area contributed by atoms with Crippen molar-refractivity contribution in [1.29, 1.82) is 0 Å². The molecule has 0 saturated heterocycles. The van der Waals surface area contributed by atoms with Gasteiger partial charge in [0.2, 0.25) is 0 Å². The summed E-state index contributed by atoms with van der Waals surface area (Å²) in [6.45, 7) is 8.81. The second-order valence-corrected chi connectivity index (χ2v) is 7.96. The number of aryl methyl sites for hydroxylation is 1. The SMILES string of the molecule is Cc1cccc(C(C)C)c1NC(=O)[C@@H](C)OC(=O)[C@@H](C)N1C(=O)c2ccccc2C1=O. The van der Waals surface area contributed by atoms with Gasteiger partial charge in [0, 0.05) is 5.69 Å². The Labute approximate surface area is 181 Å². The first kappa shape index (κ1) is 22.2. The maximum Gasteiger partial charge on any atom is 0.329 e. The number of hydrogen-bond donors (Lipinski definition) is 1. The van der Waals surface area contributed by atoms with E-state index < -0.39 is 35.8 Å². The summed E-state index contributed by atoms with van der Waals surface area (Å²) in [6, 6.07) is 11.0. The molecule has 3 rings (SSSR count). The summed E-state index contributed by atoms with van der Waals surface area (Å²) < 4.78 is 5.30. The number of esters is 1. The van der Waals surface area contributed by atoms with Crippen molar-refractivity contribution in [2.45, 2.75) is 52.7 Å². The zero-order valence-corrected chi connectivity index (χ0v) is 18.3. The summed E-state index contributed by atoms with van der Waals surface area (Å²) in [4.78, 5) is 51.3. The van der Waals surface area contributed by atoms with E-state index in [4.69, 9.17) is 4.74 Å². The van der Waals surface area contributed by atoms with Crippen LogP contribution in [0.15, 0.2) is 42.5 Å². The van der Waals surface area contributed by atoms with E-state index in [9.17, 15) is 19.2 Å². The summed E-state index contributed by atoms with van der Waals surface area (Å²) in [5.41, 5.74) is 3.07. The molecule has 0 unspecified atom stereocenters. The van der Waals surface area contributed by atoms with Gasteiger partial charge in [-0.15, -0.1) is 0 Å². The number of anilines is 1. The number of nitrogens with one attached hydrogen (secondary N) is 1. The third-order valence-electron chi connectivity index (χ3n) is 5.39. The summed E-state index contributed by atoms with van der Waals surface area (Å²) in [6.07, 6.45) is -1.11. The predicted molar refractivity (Wildman–Crippen MR) is 116 cm³/mol. The van der Waals surface area contributed by atoms with Gasteiger partial charge < -0.3 is 10.1 Å². The second-order valence-electron chi connectivity index (χ2n) is 7.96. The van der Waals surface area contributed by atoms with Gasteiger partial charge in [0.25, 0.3) is 17.7 Å². The minimum atomic E-state index is -1.16. The summed E-state index contributed by atoms with van der Waals surface area (Å²) in [5, 5.41) is 2.84. The molecule has 0 aliphatic carbocycles. The van der Waals surface area contributed by atoms with Crippen LogP contribution in [0.2, 0.25) is 0 Å². The lowest BCUT2D eigenvalue weighted by Gasteiger charge is -2.23. The fourth-order valence-corrected chi connectivity index (χ4v) is 3.56. The Morgan fingerprint density at radius 3 is 2.03 bits per heavy atom. The number of ether oxygens (including phenoxy) is 1. The summed E-state index contributed by atoms with van der Waals surface area (Å²) >= 11 is 0. The van der Waals surface area contributed by atoms with Gasteiger partial charge in [-0.1, -0.05) is 44.2 Å². The van der Waals surface area contributed by atoms with Gasteiger partial charge in [0.05, 0.1) is 11.1 Å². The number of fused-ring (bicyclic) bond motifs is 1. The molecule has 0 saturated carbocycles. The Morgan fingerprint density at radius 1 is 0.903 bits per heavy atom. The molecular formula is C24H26N2O5. The molecule has 7 heteroatoms. The number of carbonyl (C=O) groups is 4. The van der Waals surface area contributed by atoms with E-state index in [2.05, 4.69) is 5.32 Å². The van der Waals surface area contributed by atoms with Gasteiger partial charge in [-0.05, 0) is 49.9 Å². The molecule has 0 fully saturated rings. The Hall–Kier alpha value is -3.48. The maximum atomic E-state index is 12.7. The van der Waals surface area contributed by atoms with Crippen LogP contribution in [-0.4, -0.2) is 40.7 Å². The highest BCUT2D eigenvalue weighted by molar-refractivity contribution is 6.22. The molecule has 2 aromatic carbocycles. The van der Waals surface area contributed by atoms with E-state index in [-0.39, 0.29) is 17.0 Å². The van der Waals surface area contributed by atoms with Gasteiger partial charge >= 0.3 is 5.97 Å². The van der Waals surface area contributed by atoms with Crippen LogP contribution in [0.4, 0.5) is 5.69 Å². The van der Waals surface area contributed by atoms with Crippen molar-refractivity contribution in [3.63, 3.8) is 0 Å². The average Bonchev–Trinajstić information content (AvgIpc) is 2.99. The van der Waals surface area contributed by atoms with E-state index in [1.165, 1.54) is 26.0 Å². The minimum absolute atomic E-state index is 0.196. The highest BCUT2D eigenvalue weighted by Gasteiger charge is 2.41. The van der Waals surface area contributed by atoms with E-state index in [1.54, 1.807) is 12.1 Å². The number of nitrogens with zero attached hydrogens (tertiary/aromatic N) is 1. The molecule has 1 N–H and O–H groups in total. The van der Waals surface area contributed by atoms with Crippen molar-refractivity contribution >= 4 is 29.4 Å². The van der Waals surface area contributed by atoms with Crippen molar-refractivity contribution < 1.29 is 23.9 Å². The van der Waals surface area contributed by atoms with Crippen molar-refractivity contribution in [3.05, 3.63) is 64.7 Å². The van der Waals surface area contributed by atoms with Gasteiger partial charge in [-0.3, -0.25) is 19.3 Å². The van der Waals surface area contributed by atoms with E-state index in [1.807, 2.05) is 39.0 Å². The zero-order chi connectivity index (χ0) is 22.9. The van der Waals surface area contributed by atoms with Gasteiger partial charge in [0.1, 0.15) is 6.04 Å². The number of amides is 3. The first-order valence-electron chi connectivity index (χ1n) is 10.2. The molecule has 0 aromatic heterocycles. The number of rotatable bonds is 6. The summed E-state index contributed by atoms with van der Waals surface area (Å²) in [7, 11) is 0. The molecular weight excluding hydrogens is 396 g/mol. The molecule has 0 spiro atoms. The van der Waals surface area contributed by atoms with Crippen molar-refractivity contribution in [2.24, 2.45) is 0 Å². The van der Waals surface area contributed by atoms with Crippen LogP contribution < -0.4 is 5.32 Å². The third-order valence-corrected chi connectivity index (χ3v) is 5.39. The van der Waals surface area contributed by atoms with Crippen LogP contribution in [0.5, 0.6) is 0 Å². The smallest absolute Gasteiger partial charge is 0.329 e. The normalized spacial score (nSPS) is 15.0. The molecule has 0 radical (unpaired) electrons. The first-order chi connectivity index (χ1) is 14.6.